The molecule has 1 atom stereocenters. The molecular formula is C7H13NO4. The monoisotopic (exact) mass is 175 g/mol. The molecule has 0 saturated heterocycles. The van der Waals surface area contributed by atoms with Gasteiger partial charge in [0.15, 0.2) is 0 Å². The predicted octanol–water partition coefficient (Wildman–Crippen LogP) is -0.0861. The van der Waals surface area contributed by atoms with Crippen molar-refractivity contribution in [2.24, 2.45) is 0 Å². The highest BCUT2D eigenvalue weighted by Gasteiger charge is 2.06. The van der Waals surface area contributed by atoms with Gasteiger partial charge in [0, 0.05) is 12.6 Å². The van der Waals surface area contributed by atoms with Gasteiger partial charge in [-0.15, -0.1) is 0 Å². The van der Waals surface area contributed by atoms with Gasteiger partial charge in [-0.3, -0.25) is 9.59 Å². The van der Waals surface area contributed by atoms with Gasteiger partial charge in [0.2, 0.25) is 0 Å². The van der Waals surface area contributed by atoms with Crippen molar-refractivity contribution in [1.82, 2.24) is 5.32 Å². The molecule has 3 N–H and O–H groups in total. The highest BCUT2D eigenvalue weighted by Crippen LogP contribution is 1.89. The van der Waals surface area contributed by atoms with Crippen LogP contribution in [0.1, 0.15) is 19.8 Å². The van der Waals surface area contributed by atoms with Crippen LogP contribution in [-0.2, 0) is 9.59 Å². The van der Waals surface area contributed by atoms with Crippen molar-refractivity contribution < 1.29 is 19.8 Å². The van der Waals surface area contributed by atoms with Crippen LogP contribution in [0.2, 0.25) is 0 Å². The second kappa shape index (κ2) is 5.54. The fraction of sp³-hybridized carbons (Fsp3) is 0.714. The number of hydrogen-bond acceptors (Lipinski definition) is 3. The molecule has 0 aliphatic rings. The molecule has 0 bridgehead atoms. The van der Waals surface area contributed by atoms with Crippen molar-refractivity contribution in [1.29, 1.82) is 0 Å². The normalized spacial score (nSPS) is 12.4. The van der Waals surface area contributed by atoms with E-state index in [1.165, 1.54) is 0 Å². The zero-order valence-corrected chi connectivity index (χ0v) is 6.91. The van der Waals surface area contributed by atoms with Crippen molar-refractivity contribution in [3.05, 3.63) is 0 Å². The first kappa shape index (κ1) is 10.9. The Morgan fingerprint density at radius 1 is 1.33 bits per heavy atom. The first-order chi connectivity index (χ1) is 5.52. The zero-order valence-electron chi connectivity index (χ0n) is 6.91. The molecule has 0 radical (unpaired) electrons. The maximum Gasteiger partial charge on any atom is 0.304 e. The lowest BCUT2D eigenvalue weighted by atomic mass is 10.2. The first-order valence-electron chi connectivity index (χ1n) is 3.69. The molecule has 0 aliphatic carbocycles. The summed E-state index contributed by atoms with van der Waals surface area (Å²) in [5, 5.41) is 19.4. The van der Waals surface area contributed by atoms with Gasteiger partial charge >= 0.3 is 11.9 Å². The van der Waals surface area contributed by atoms with E-state index in [-0.39, 0.29) is 18.9 Å². The molecule has 70 valence electrons. The minimum Gasteiger partial charge on any atom is -0.481 e. The van der Waals surface area contributed by atoms with Crippen LogP contribution >= 0.6 is 0 Å². The summed E-state index contributed by atoms with van der Waals surface area (Å²) in [7, 11) is 0. The molecule has 5 heteroatoms. The van der Waals surface area contributed by atoms with E-state index in [4.69, 9.17) is 10.2 Å². The summed E-state index contributed by atoms with van der Waals surface area (Å²) in [5.41, 5.74) is 0. The van der Waals surface area contributed by atoms with Crippen molar-refractivity contribution in [2.75, 3.05) is 6.54 Å². The third kappa shape index (κ3) is 7.01. The van der Waals surface area contributed by atoms with Crippen LogP contribution in [0.3, 0.4) is 0 Å². The summed E-state index contributed by atoms with van der Waals surface area (Å²) in [6.45, 7) is 2.01. The van der Waals surface area contributed by atoms with Crippen LogP contribution in [0.15, 0.2) is 0 Å². The van der Waals surface area contributed by atoms with Crippen LogP contribution in [0.4, 0.5) is 0 Å². The molecular weight excluding hydrogens is 162 g/mol. The van der Waals surface area contributed by atoms with E-state index in [9.17, 15) is 9.59 Å². The Labute approximate surface area is 70.4 Å². The Balaban J connectivity index is 3.37. The van der Waals surface area contributed by atoms with Crippen molar-refractivity contribution in [3.63, 3.8) is 0 Å². The number of aliphatic carboxylic acids is 2. The largest absolute Gasteiger partial charge is 0.481 e. The second-order valence-corrected chi connectivity index (χ2v) is 2.60. The average Bonchev–Trinajstić information content (AvgIpc) is 1.84. The molecule has 5 nitrogen and oxygen atoms in total. The minimum absolute atomic E-state index is 0.0135. The number of carboxylic acid groups (broad SMARTS) is 2. The summed E-state index contributed by atoms with van der Waals surface area (Å²) < 4.78 is 0. The minimum atomic E-state index is -0.884. The number of carboxylic acids is 2. The molecule has 0 amide bonds. The summed E-state index contributed by atoms with van der Waals surface area (Å²) in [6, 6.07) is -0.179. The Hall–Kier alpha value is -1.10. The molecule has 0 aliphatic heterocycles. The molecule has 12 heavy (non-hydrogen) atoms. The summed E-state index contributed by atoms with van der Waals surface area (Å²) in [5.74, 6) is -1.77. The van der Waals surface area contributed by atoms with Gasteiger partial charge in [-0.05, 0) is 6.92 Å². The highest BCUT2D eigenvalue weighted by atomic mass is 16.4. The summed E-state index contributed by atoms with van der Waals surface area (Å²) in [6.07, 6.45) is 0.0313. The quantitative estimate of drug-likeness (QED) is 0.525. The molecule has 0 heterocycles. The fourth-order valence-electron chi connectivity index (χ4n) is 0.760. The summed E-state index contributed by atoms with van der Waals surface area (Å²) >= 11 is 0. The van der Waals surface area contributed by atoms with Gasteiger partial charge in [-0.2, -0.15) is 0 Å². The molecule has 0 fully saturated rings. The van der Waals surface area contributed by atoms with Gasteiger partial charge in [0.05, 0.1) is 12.8 Å². The zero-order chi connectivity index (χ0) is 9.56. The van der Waals surface area contributed by atoms with Gasteiger partial charge in [-0.1, -0.05) is 0 Å². The van der Waals surface area contributed by atoms with E-state index in [1.807, 2.05) is 0 Å². The molecule has 0 aromatic carbocycles. The third-order valence-corrected chi connectivity index (χ3v) is 1.31. The molecule has 0 aromatic rings. The van der Waals surface area contributed by atoms with Crippen LogP contribution < -0.4 is 5.32 Å². The Bertz CT molecular complexity index is 169. The van der Waals surface area contributed by atoms with Gasteiger partial charge in [-0.25, -0.2) is 0 Å². The third-order valence-electron chi connectivity index (χ3n) is 1.31. The van der Waals surface area contributed by atoms with Crippen LogP contribution in [0, 0.1) is 0 Å². The molecule has 0 spiro atoms. The van der Waals surface area contributed by atoms with Gasteiger partial charge in [0.25, 0.3) is 0 Å². The Morgan fingerprint density at radius 3 is 2.33 bits per heavy atom. The lowest BCUT2D eigenvalue weighted by molar-refractivity contribution is -0.137. The van der Waals surface area contributed by atoms with E-state index in [0.29, 0.717) is 6.54 Å². The number of rotatable bonds is 6. The Kier molecular flexibility index (Phi) is 5.03. The van der Waals surface area contributed by atoms with E-state index in [0.717, 1.165) is 0 Å². The average molecular weight is 175 g/mol. The van der Waals surface area contributed by atoms with Crippen LogP contribution in [0.5, 0.6) is 0 Å². The molecule has 0 aromatic heterocycles. The highest BCUT2D eigenvalue weighted by molar-refractivity contribution is 5.67. The molecule has 0 rings (SSSR count). The second-order valence-electron chi connectivity index (χ2n) is 2.60. The number of hydrogen-bond donors (Lipinski definition) is 3. The van der Waals surface area contributed by atoms with Crippen molar-refractivity contribution >= 4 is 11.9 Å². The Morgan fingerprint density at radius 2 is 1.92 bits per heavy atom. The fourth-order valence-corrected chi connectivity index (χ4v) is 0.760. The van der Waals surface area contributed by atoms with E-state index < -0.39 is 11.9 Å². The van der Waals surface area contributed by atoms with Crippen LogP contribution in [0.25, 0.3) is 0 Å². The molecule has 0 saturated carbocycles. The molecule has 1 unspecified atom stereocenters. The lowest BCUT2D eigenvalue weighted by Gasteiger charge is -2.09. The smallest absolute Gasteiger partial charge is 0.304 e. The van der Waals surface area contributed by atoms with Crippen molar-refractivity contribution in [3.8, 4) is 0 Å². The lowest BCUT2D eigenvalue weighted by Crippen LogP contribution is -2.30. The van der Waals surface area contributed by atoms with Gasteiger partial charge < -0.3 is 15.5 Å². The number of carbonyl (C=O) groups is 2. The predicted molar refractivity (Wildman–Crippen MR) is 42.0 cm³/mol. The van der Waals surface area contributed by atoms with E-state index in [2.05, 4.69) is 5.32 Å². The topological polar surface area (TPSA) is 86.6 Å². The van der Waals surface area contributed by atoms with Gasteiger partial charge in [0.1, 0.15) is 0 Å². The first-order valence-corrected chi connectivity index (χ1v) is 3.69. The SMILES string of the molecule is CC(CC(=O)O)NCCC(=O)O. The maximum absolute atomic E-state index is 10.2. The van der Waals surface area contributed by atoms with Crippen LogP contribution in [-0.4, -0.2) is 34.7 Å². The van der Waals surface area contributed by atoms with E-state index in [1.54, 1.807) is 6.92 Å². The van der Waals surface area contributed by atoms with Crippen molar-refractivity contribution in [2.45, 2.75) is 25.8 Å². The van der Waals surface area contributed by atoms with E-state index >= 15 is 0 Å². The number of nitrogens with one attached hydrogen (secondary N) is 1. The summed E-state index contributed by atoms with van der Waals surface area (Å²) in [4.78, 5) is 20.2. The standard InChI is InChI=1S/C7H13NO4/c1-5(4-7(11)12)8-3-2-6(9)10/h5,8H,2-4H2,1H3,(H,9,10)(H,11,12). The maximum atomic E-state index is 10.2.